The second kappa shape index (κ2) is 7.78. The summed E-state index contributed by atoms with van der Waals surface area (Å²) in [7, 11) is 0. The summed E-state index contributed by atoms with van der Waals surface area (Å²) in [6, 6.07) is 0. The Morgan fingerprint density at radius 2 is 2.00 bits per heavy atom. The molecule has 5 atom stereocenters. The minimum absolute atomic E-state index is 0.303. The Kier molecular flexibility index (Phi) is 5.98. The lowest BCUT2D eigenvalue weighted by Crippen LogP contribution is -2.41. The van der Waals surface area contributed by atoms with Gasteiger partial charge in [-0.3, -0.25) is 4.79 Å². The third kappa shape index (κ3) is 3.95. The molecule has 0 aromatic rings. The molecule has 0 aromatic carbocycles. The van der Waals surface area contributed by atoms with Gasteiger partial charge in [0.1, 0.15) is 5.78 Å². The van der Waals surface area contributed by atoms with Crippen LogP contribution in [0.2, 0.25) is 0 Å². The van der Waals surface area contributed by atoms with Gasteiger partial charge in [0.05, 0.1) is 0 Å². The van der Waals surface area contributed by atoms with E-state index in [0.29, 0.717) is 48.2 Å². The Bertz CT molecular complexity index is 621. The molecule has 2 aliphatic carbocycles. The highest BCUT2D eigenvalue weighted by atomic mass is 16.4. The molecule has 24 heavy (non-hydrogen) atoms. The van der Waals surface area contributed by atoms with Crippen LogP contribution in [0.1, 0.15) is 40.5 Å². The van der Waals surface area contributed by atoms with Gasteiger partial charge in [-0.25, -0.2) is 4.79 Å². The van der Waals surface area contributed by atoms with Crippen LogP contribution in [0.15, 0.2) is 47.6 Å². The van der Waals surface area contributed by atoms with E-state index in [1.54, 1.807) is 6.08 Å². The lowest BCUT2D eigenvalue weighted by atomic mass is 9.57. The van der Waals surface area contributed by atoms with Gasteiger partial charge in [-0.1, -0.05) is 48.5 Å². The maximum absolute atomic E-state index is 12.0. The molecule has 0 aromatic heterocycles. The number of aliphatic carboxylic acids is 1. The van der Waals surface area contributed by atoms with E-state index in [1.165, 1.54) is 11.1 Å². The van der Waals surface area contributed by atoms with Crippen molar-refractivity contribution < 1.29 is 14.7 Å². The van der Waals surface area contributed by atoms with Gasteiger partial charge in [0, 0.05) is 24.8 Å². The van der Waals surface area contributed by atoms with Crippen LogP contribution in [0, 0.1) is 29.6 Å². The fourth-order valence-corrected chi connectivity index (χ4v) is 4.61. The summed E-state index contributed by atoms with van der Waals surface area (Å²) in [5.74, 6) is 1.16. The van der Waals surface area contributed by atoms with E-state index in [9.17, 15) is 9.59 Å². The SMILES string of the molecule is CC=C(C)[C@@H]1C(C)=C[C@@H]2CC(=O)C[C@H](C)[C@H]2[C@@H]1/C=C/C=C/C(=O)O. The highest BCUT2D eigenvalue weighted by Gasteiger charge is 2.44. The van der Waals surface area contributed by atoms with Crippen molar-refractivity contribution in [2.45, 2.75) is 40.5 Å². The molecule has 2 aliphatic rings. The van der Waals surface area contributed by atoms with E-state index < -0.39 is 5.97 Å². The number of rotatable bonds is 4. The minimum Gasteiger partial charge on any atom is -0.478 e. The summed E-state index contributed by atoms with van der Waals surface area (Å²) in [6.07, 6.45) is 12.5. The molecular weight excluding hydrogens is 300 g/mol. The maximum atomic E-state index is 12.0. The molecule has 1 N–H and O–H groups in total. The highest BCUT2D eigenvalue weighted by Crippen LogP contribution is 2.49. The Morgan fingerprint density at radius 1 is 1.29 bits per heavy atom. The van der Waals surface area contributed by atoms with Crippen LogP contribution in [0.25, 0.3) is 0 Å². The zero-order chi connectivity index (χ0) is 17.9. The molecule has 130 valence electrons. The summed E-state index contributed by atoms with van der Waals surface area (Å²) >= 11 is 0. The number of carbonyl (C=O) groups excluding carboxylic acids is 1. The lowest BCUT2D eigenvalue weighted by molar-refractivity contribution is -0.131. The Morgan fingerprint density at radius 3 is 2.62 bits per heavy atom. The molecule has 2 rings (SSSR count). The van der Waals surface area contributed by atoms with Crippen molar-refractivity contribution in [3.05, 3.63) is 47.6 Å². The summed E-state index contributed by atoms with van der Waals surface area (Å²) in [6.45, 7) is 8.56. The molecule has 1 saturated carbocycles. The Hall–Kier alpha value is -1.90. The lowest BCUT2D eigenvalue weighted by Gasteiger charge is -2.46. The standard InChI is InChI=1S/C21H28O3/c1-5-13(2)20-14(3)10-16-12-17(22)11-15(4)21(16)18(20)8-6-7-9-19(23)24/h5-10,15-16,18,20-21H,11-12H2,1-4H3,(H,23,24)/b8-6+,9-7+,13-5?/t15-,16+,18+,20+,21+/m0/s1. The average molecular weight is 328 g/mol. The van der Waals surface area contributed by atoms with E-state index in [-0.39, 0.29) is 0 Å². The zero-order valence-electron chi connectivity index (χ0n) is 15.0. The van der Waals surface area contributed by atoms with Crippen LogP contribution in [0.4, 0.5) is 0 Å². The molecule has 0 bridgehead atoms. The fraction of sp³-hybridized carbons (Fsp3) is 0.524. The van der Waals surface area contributed by atoms with E-state index >= 15 is 0 Å². The molecule has 0 radical (unpaired) electrons. The molecule has 3 heteroatoms. The predicted octanol–water partition coefficient (Wildman–Crippen LogP) is 4.57. The summed E-state index contributed by atoms with van der Waals surface area (Å²) in [5, 5.41) is 8.75. The summed E-state index contributed by atoms with van der Waals surface area (Å²) < 4.78 is 0. The maximum Gasteiger partial charge on any atom is 0.328 e. The van der Waals surface area contributed by atoms with Crippen molar-refractivity contribution >= 4 is 11.8 Å². The van der Waals surface area contributed by atoms with Crippen LogP contribution in [-0.4, -0.2) is 16.9 Å². The first-order valence-electron chi connectivity index (χ1n) is 8.75. The molecule has 1 fully saturated rings. The largest absolute Gasteiger partial charge is 0.478 e. The topological polar surface area (TPSA) is 54.4 Å². The van der Waals surface area contributed by atoms with Gasteiger partial charge in [0.2, 0.25) is 0 Å². The number of carboxylic acids is 1. The van der Waals surface area contributed by atoms with Gasteiger partial charge in [-0.15, -0.1) is 0 Å². The van der Waals surface area contributed by atoms with Gasteiger partial charge in [0.25, 0.3) is 0 Å². The molecule has 0 unspecified atom stereocenters. The van der Waals surface area contributed by atoms with E-state index in [2.05, 4.69) is 45.9 Å². The fourth-order valence-electron chi connectivity index (χ4n) is 4.61. The zero-order valence-corrected chi connectivity index (χ0v) is 15.0. The third-order valence-corrected chi connectivity index (χ3v) is 5.59. The Labute approximate surface area is 144 Å². The van der Waals surface area contributed by atoms with Crippen LogP contribution in [-0.2, 0) is 9.59 Å². The Balaban J connectivity index is 2.40. The predicted molar refractivity (Wildman–Crippen MR) is 96.5 cm³/mol. The molecule has 0 aliphatic heterocycles. The van der Waals surface area contributed by atoms with Crippen molar-refractivity contribution in [1.82, 2.24) is 0 Å². The number of carbonyl (C=O) groups is 2. The highest BCUT2D eigenvalue weighted by molar-refractivity contribution is 5.80. The van der Waals surface area contributed by atoms with E-state index in [1.807, 2.05) is 6.08 Å². The number of hydrogen-bond donors (Lipinski definition) is 1. The number of carboxylic acid groups (broad SMARTS) is 1. The monoisotopic (exact) mass is 328 g/mol. The van der Waals surface area contributed by atoms with Gasteiger partial charge in [-0.05, 0) is 44.4 Å². The number of hydrogen-bond acceptors (Lipinski definition) is 2. The average Bonchev–Trinajstić information content (AvgIpc) is 2.49. The number of allylic oxidation sites excluding steroid dienone is 7. The van der Waals surface area contributed by atoms with Crippen molar-refractivity contribution in [3.63, 3.8) is 0 Å². The van der Waals surface area contributed by atoms with Gasteiger partial charge < -0.3 is 5.11 Å². The summed E-state index contributed by atoms with van der Waals surface area (Å²) in [5.41, 5.74) is 2.66. The van der Waals surface area contributed by atoms with E-state index in [4.69, 9.17) is 5.11 Å². The molecule has 0 saturated heterocycles. The van der Waals surface area contributed by atoms with Crippen LogP contribution >= 0.6 is 0 Å². The van der Waals surface area contributed by atoms with Gasteiger partial charge in [0.15, 0.2) is 0 Å². The number of fused-ring (bicyclic) bond motifs is 1. The van der Waals surface area contributed by atoms with Crippen molar-refractivity contribution in [3.8, 4) is 0 Å². The normalized spacial score (nSPS) is 34.5. The molecule has 3 nitrogen and oxygen atoms in total. The second-order valence-electron chi connectivity index (χ2n) is 7.25. The quantitative estimate of drug-likeness (QED) is 0.467. The number of ketones is 1. The van der Waals surface area contributed by atoms with Gasteiger partial charge in [-0.2, -0.15) is 0 Å². The number of Topliss-reactive ketones (excluding diaryl/α,β-unsaturated/α-hetero) is 1. The smallest absolute Gasteiger partial charge is 0.328 e. The van der Waals surface area contributed by atoms with Crippen molar-refractivity contribution in [2.75, 3.05) is 0 Å². The minimum atomic E-state index is -0.935. The molecule has 0 amide bonds. The molecular formula is C21H28O3. The van der Waals surface area contributed by atoms with E-state index in [0.717, 1.165) is 6.08 Å². The third-order valence-electron chi connectivity index (χ3n) is 5.59. The first-order chi connectivity index (χ1) is 11.3. The van der Waals surface area contributed by atoms with Gasteiger partial charge >= 0.3 is 5.97 Å². The van der Waals surface area contributed by atoms with Crippen molar-refractivity contribution in [2.24, 2.45) is 29.6 Å². The van der Waals surface area contributed by atoms with Crippen LogP contribution in [0.3, 0.4) is 0 Å². The molecule has 0 spiro atoms. The first-order valence-corrected chi connectivity index (χ1v) is 8.75. The molecule has 0 heterocycles. The second-order valence-corrected chi connectivity index (χ2v) is 7.25. The van der Waals surface area contributed by atoms with Crippen LogP contribution < -0.4 is 0 Å². The first kappa shape index (κ1) is 18.4. The summed E-state index contributed by atoms with van der Waals surface area (Å²) in [4.78, 5) is 22.7. The van der Waals surface area contributed by atoms with Crippen molar-refractivity contribution in [1.29, 1.82) is 0 Å². The van der Waals surface area contributed by atoms with Crippen LogP contribution in [0.5, 0.6) is 0 Å².